The summed E-state index contributed by atoms with van der Waals surface area (Å²) in [7, 11) is -6.05. The Morgan fingerprint density at radius 3 is 1.28 bits per heavy atom. The van der Waals surface area contributed by atoms with Crippen LogP contribution in [0.15, 0.2) is 48.5 Å². The van der Waals surface area contributed by atoms with E-state index in [1.165, 1.54) is 7.11 Å². The van der Waals surface area contributed by atoms with E-state index in [9.17, 15) is 60.7 Å². The van der Waals surface area contributed by atoms with Crippen molar-refractivity contribution >= 4 is 90.5 Å². The number of alkyl halides is 3. The molecule has 2 aliphatic rings. The summed E-state index contributed by atoms with van der Waals surface area (Å²) in [5, 5.41) is 12.3. The van der Waals surface area contributed by atoms with E-state index in [-0.39, 0.29) is 83.2 Å². The Kier molecular flexibility index (Phi) is 33.4. The van der Waals surface area contributed by atoms with Crippen LogP contribution in [-0.2, 0) is 60.8 Å². The second-order valence-corrected chi connectivity index (χ2v) is 27.5. The topological polar surface area (TPSA) is 363 Å². The summed E-state index contributed by atoms with van der Waals surface area (Å²) in [6.07, 6.45) is -4.28. The van der Waals surface area contributed by atoms with Crippen LogP contribution in [0.4, 0.5) is 13.2 Å². The molecule has 25 nitrogen and oxygen atoms in total. The minimum Gasteiger partial charge on any atom is -0.496 e. The number of aromatic amines is 2. The smallest absolute Gasteiger partial charge is 0.476 e. The Morgan fingerprint density at radius 2 is 0.989 bits per heavy atom. The maximum atomic E-state index is 13.8. The van der Waals surface area contributed by atoms with Gasteiger partial charge in [0.15, 0.2) is 23.1 Å². The molecule has 524 valence electrons. The lowest BCUT2D eigenvalue weighted by Crippen LogP contribution is -2.47. The number of ether oxygens (including phenoxy) is 2. The van der Waals surface area contributed by atoms with E-state index in [2.05, 4.69) is 35.8 Å². The van der Waals surface area contributed by atoms with Crippen molar-refractivity contribution in [2.24, 2.45) is 35.5 Å². The van der Waals surface area contributed by atoms with Crippen molar-refractivity contribution in [2.75, 3.05) is 40.5 Å². The fraction of sp³-hybridized carbons (Fsp3) is 0.603. The van der Waals surface area contributed by atoms with Gasteiger partial charge in [0.05, 0.1) is 48.9 Å². The molecule has 0 bridgehead atoms. The maximum absolute atomic E-state index is 13.8. The predicted octanol–water partition coefficient (Wildman–Crippen LogP) is 10.5. The standard InChI is InChI=1S/C33H50N3O9P.C25H34N3O9P.C2HF3O.3CH4/c1-20(2)15-22(17-27(37)26-18-23-24(35-26)11-10-12-29(23)42-9)31(40)36-25(16-21-13-14-34-30(21)39)28(38)19-43-46(41,44-32(3,4)5)45-33(6,7)8;1-14(2)9-16(11-21(29)20-12-17-18(27-20)5-4-6-23(17)36-3)25(32)28-19(10-15-7-8-26-24(15)31)22(30)13-37-38(33,34)35;3-2(4,5)1-6;;;/h10-12,18,20-22,25,35H,13-17,19H2,1-9H3,(H,34,39)(H,36,40);4-6,12,14-16,19,27H,7-11,13H2,1-3H3,(H,26,31)(H,28,32)(H2,33,34,35);1H;3*1H4/t21-,22+,25-;15-,16+,19-;;;;/m00..../s1. The Morgan fingerprint density at radius 1 is 0.634 bits per heavy atom. The molecular formula is C63H97F3N6O19P2. The first kappa shape index (κ1) is 84.4. The summed E-state index contributed by atoms with van der Waals surface area (Å²) in [6.45, 7) is 17.0. The number of hydrogen-bond donors (Lipinski definition) is 8. The number of methoxy groups -OCH3 is 2. The fourth-order valence-electron chi connectivity index (χ4n) is 9.95. The highest BCUT2D eigenvalue weighted by atomic mass is 31.2. The molecule has 2 aromatic carbocycles. The summed E-state index contributed by atoms with van der Waals surface area (Å²) in [5.41, 5.74) is 0.284. The van der Waals surface area contributed by atoms with Gasteiger partial charge in [-0.15, -0.1) is 0 Å². The highest BCUT2D eigenvalue weighted by Gasteiger charge is 2.41. The number of phosphoric ester groups is 2. The lowest BCUT2D eigenvalue weighted by molar-refractivity contribution is -0.156. The van der Waals surface area contributed by atoms with Gasteiger partial charge in [-0.05, 0) is 128 Å². The number of benzene rings is 2. The van der Waals surface area contributed by atoms with Crippen LogP contribution in [0.2, 0.25) is 0 Å². The molecule has 0 spiro atoms. The van der Waals surface area contributed by atoms with Crippen molar-refractivity contribution in [1.82, 2.24) is 31.2 Å². The van der Waals surface area contributed by atoms with Crippen LogP contribution in [0, 0.1) is 35.5 Å². The lowest BCUT2D eigenvalue weighted by Gasteiger charge is -2.31. The Hall–Kier alpha value is -6.64. The molecule has 6 rings (SSSR count). The number of H-pyrrole nitrogens is 2. The maximum Gasteiger partial charge on any atom is 0.476 e. The molecule has 0 aliphatic carbocycles. The van der Waals surface area contributed by atoms with Crippen LogP contribution in [-0.4, -0.2) is 143 Å². The predicted molar refractivity (Wildman–Crippen MR) is 344 cm³/mol. The molecule has 0 unspecified atom stereocenters. The molecule has 4 heterocycles. The van der Waals surface area contributed by atoms with Gasteiger partial charge in [-0.1, -0.05) is 62.1 Å². The first-order valence-electron chi connectivity index (χ1n) is 29.2. The van der Waals surface area contributed by atoms with Crippen LogP contribution in [0.5, 0.6) is 11.5 Å². The number of ketones is 4. The molecule has 93 heavy (non-hydrogen) atoms. The summed E-state index contributed by atoms with van der Waals surface area (Å²) in [4.78, 5) is 137. The monoisotopic (exact) mass is 1360 g/mol. The second kappa shape index (κ2) is 36.9. The average molecular weight is 1360 g/mol. The van der Waals surface area contributed by atoms with Gasteiger partial charge in [-0.2, -0.15) is 13.2 Å². The van der Waals surface area contributed by atoms with Crippen molar-refractivity contribution in [3.05, 3.63) is 59.9 Å². The van der Waals surface area contributed by atoms with Crippen molar-refractivity contribution < 1.29 is 103 Å². The Labute approximate surface area is 542 Å². The third-order valence-electron chi connectivity index (χ3n) is 13.8. The number of Topliss-reactive ketones (excluding diaryl/α,β-unsaturated/α-hetero) is 4. The second-order valence-electron chi connectivity index (χ2n) is 24.7. The zero-order valence-electron chi connectivity index (χ0n) is 52.7. The Balaban J connectivity index is 0.000000840. The highest BCUT2D eigenvalue weighted by molar-refractivity contribution is 7.48. The largest absolute Gasteiger partial charge is 0.496 e. The summed E-state index contributed by atoms with van der Waals surface area (Å²) < 4.78 is 87.8. The van der Waals surface area contributed by atoms with Gasteiger partial charge >= 0.3 is 21.8 Å². The third kappa shape index (κ3) is 28.5. The van der Waals surface area contributed by atoms with Crippen molar-refractivity contribution in [1.29, 1.82) is 0 Å². The number of phosphoric acid groups is 2. The quantitative estimate of drug-likeness (QED) is 0.0137. The van der Waals surface area contributed by atoms with Crippen LogP contribution < -0.4 is 30.7 Å². The first-order valence-corrected chi connectivity index (χ1v) is 32.2. The third-order valence-corrected chi connectivity index (χ3v) is 16.3. The summed E-state index contributed by atoms with van der Waals surface area (Å²) in [5.74, 6) is -4.74. The number of carbonyl (C=O) groups is 9. The average Bonchev–Trinajstić information content (AvgIpc) is 1.74. The molecule has 2 fully saturated rings. The molecule has 4 amide bonds. The molecule has 8 N–H and O–H groups in total. The zero-order chi connectivity index (χ0) is 67.7. The van der Waals surface area contributed by atoms with E-state index in [1.54, 1.807) is 79.0 Å². The van der Waals surface area contributed by atoms with E-state index in [0.717, 1.165) is 16.3 Å². The lowest BCUT2D eigenvalue weighted by atomic mass is 9.89. The number of amides is 4. The van der Waals surface area contributed by atoms with Crippen molar-refractivity contribution in [3.8, 4) is 11.5 Å². The number of aldehydes is 1. The van der Waals surface area contributed by atoms with Gasteiger partial charge in [0, 0.05) is 71.4 Å². The molecule has 2 aliphatic heterocycles. The molecule has 2 aromatic heterocycles. The minimum atomic E-state index is -4.92. The number of fused-ring (bicyclic) bond motifs is 2. The highest BCUT2D eigenvalue weighted by Crippen LogP contribution is 2.55. The molecule has 0 radical (unpaired) electrons. The fourth-order valence-corrected chi connectivity index (χ4v) is 12.0. The first-order chi connectivity index (χ1) is 41.7. The van der Waals surface area contributed by atoms with Crippen LogP contribution >= 0.6 is 15.6 Å². The van der Waals surface area contributed by atoms with Gasteiger partial charge in [0.25, 0.3) is 0 Å². The number of aromatic nitrogens is 2. The van der Waals surface area contributed by atoms with Gasteiger partial charge in [0.2, 0.25) is 29.9 Å². The zero-order valence-corrected chi connectivity index (χ0v) is 54.5. The van der Waals surface area contributed by atoms with E-state index >= 15 is 0 Å². The molecule has 6 atom stereocenters. The number of halogens is 3. The molecular weight excluding hydrogens is 1260 g/mol. The molecule has 2 saturated heterocycles. The normalized spacial score (nSPS) is 16.3. The molecule has 30 heteroatoms. The summed E-state index contributed by atoms with van der Waals surface area (Å²) >= 11 is 0. The Bertz CT molecular complexity index is 3250. The number of hydrogen-bond acceptors (Lipinski definition) is 17. The molecule has 0 saturated carbocycles. The van der Waals surface area contributed by atoms with Crippen LogP contribution in [0.25, 0.3) is 21.8 Å². The van der Waals surface area contributed by atoms with Gasteiger partial charge in [0.1, 0.15) is 24.7 Å². The number of carbonyl (C=O) groups excluding carboxylic acids is 9. The van der Waals surface area contributed by atoms with E-state index < -0.39 is 112 Å². The number of nitrogens with one attached hydrogen (secondary N) is 6. The van der Waals surface area contributed by atoms with Crippen molar-refractivity contribution in [3.63, 3.8) is 0 Å². The van der Waals surface area contributed by atoms with E-state index in [1.807, 2.05) is 45.9 Å². The summed E-state index contributed by atoms with van der Waals surface area (Å²) in [6, 6.07) is 11.8. The van der Waals surface area contributed by atoms with Crippen molar-refractivity contribution in [2.45, 2.75) is 172 Å². The van der Waals surface area contributed by atoms with E-state index in [0.29, 0.717) is 67.2 Å². The number of rotatable bonds is 30. The van der Waals surface area contributed by atoms with Gasteiger partial charge in [-0.3, -0.25) is 61.2 Å². The molecule has 4 aromatic rings. The van der Waals surface area contributed by atoms with Gasteiger partial charge < -0.3 is 50.5 Å². The van der Waals surface area contributed by atoms with Crippen LogP contribution in [0.3, 0.4) is 0 Å². The minimum absolute atomic E-state index is 0. The SMILES string of the molecule is C.C.C.COc1cccc2[nH]c(C(=O)C[C@@H](CC(C)C)C(=O)N[C@@H](C[C@@H]3CCNC3=O)C(=O)COP(=O)(O)O)cc12.COc1cccc2[nH]c(C(=O)C[C@@H](CC(C)C)C(=O)N[C@@H](C[C@@H]3CCNC3=O)C(=O)COP(=O)(OC(C)(C)C)OC(C)(C)C)cc12.O=CC(F)(F)F. The van der Waals surface area contributed by atoms with Gasteiger partial charge in [-0.25, -0.2) is 9.13 Å². The van der Waals surface area contributed by atoms with Crippen LogP contribution in [0.1, 0.15) is 164 Å². The van der Waals surface area contributed by atoms with E-state index in [4.69, 9.17) is 37.6 Å².